The Morgan fingerprint density at radius 3 is 2.40 bits per heavy atom. The van der Waals surface area contributed by atoms with E-state index in [4.69, 9.17) is 19.9 Å². The van der Waals surface area contributed by atoms with Gasteiger partial charge < -0.3 is 19.9 Å². The van der Waals surface area contributed by atoms with Gasteiger partial charge in [-0.2, -0.15) is 0 Å². The molecule has 3 rings (SSSR count). The molecular weight excluding hydrogens is 322 g/mol. The molecule has 4 nitrogen and oxygen atoms in total. The van der Waals surface area contributed by atoms with Gasteiger partial charge >= 0.3 is 0 Å². The summed E-state index contributed by atoms with van der Waals surface area (Å²) in [4.78, 5) is 0. The van der Waals surface area contributed by atoms with Gasteiger partial charge in [0.15, 0.2) is 11.5 Å². The maximum Gasteiger partial charge on any atom is 0.162 e. The van der Waals surface area contributed by atoms with E-state index in [2.05, 4.69) is 15.9 Å². The lowest BCUT2D eigenvalue weighted by atomic mass is 9.87. The Morgan fingerprint density at radius 1 is 1.05 bits per heavy atom. The number of hydrogen-bond acceptors (Lipinski definition) is 4. The van der Waals surface area contributed by atoms with E-state index in [1.54, 1.807) is 0 Å². The molecule has 20 heavy (non-hydrogen) atoms. The van der Waals surface area contributed by atoms with Crippen LogP contribution in [0.1, 0.15) is 30.9 Å². The van der Waals surface area contributed by atoms with Crippen molar-refractivity contribution in [2.45, 2.75) is 25.3 Å². The van der Waals surface area contributed by atoms with Crippen LogP contribution >= 0.6 is 15.9 Å². The first-order chi connectivity index (χ1) is 9.75. The van der Waals surface area contributed by atoms with Gasteiger partial charge in [0.1, 0.15) is 0 Å². The molecule has 5 heteroatoms. The first-order valence-electron chi connectivity index (χ1n) is 7.18. The molecule has 0 amide bonds. The van der Waals surface area contributed by atoms with Gasteiger partial charge in [-0.3, -0.25) is 0 Å². The molecule has 0 spiro atoms. The number of ether oxygens (including phenoxy) is 3. The topological polar surface area (TPSA) is 53.7 Å². The van der Waals surface area contributed by atoms with Gasteiger partial charge in [0, 0.05) is 30.1 Å². The van der Waals surface area contributed by atoms with Crippen LogP contribution in [0.2, 0.25) is 0 Å². The summed E-state index contributed by atoms with van der Waals surface area (Å²) in [5.41, 5.74) is 7.56. The molecular formula is C15H20BrNO3. The zero-order chi connectivity index (χ0) is 13.9. The van der Waals surface area contributed by atoms with E-state index in [0.717, 1.165) is 54.0 Å². The summed E-state index contributed by atoms with van der Waals surface area (Å²) in [6.45, 7) is 3.01. The maximum absolute atomic E-state index is 6.46. The minimum atomic E-state index is 0.00503. The molecule has 1 unspecified atom stereocenters. The van der Waals surface area contributed by atoms with Crippen molar-refractivity contribution < 1.29 is 14.2 Å². The van der Waals surface area contributed by atoms with Crippen LogP contribution < -0.4 is 15.2 Å². The van der Waals surface area contributed by atoms with Crippen LogP contribution in [0.5, 0.6) is 11.5 Å². The van der Waals surface area contributed by atoms with Crippen molar-refractivity contribution in [3.63, 3.8) is 0 Å². The van der Waals surface area contributed by atoms with E-state index in [-0.39, 0.29) is 6.04 Å². The molecule has 1 aromatic rings. The van der Waals surface area contributed by atoms with Crippen LogP contribution in [0.15, 0.2) is 16.6 Å². The molecule has 2 N–H and O–H groups in total. The van der Waals surface area contributed by atoms with Crippen molar-refractivity contribution in [3.8, 4) is 11.5 Å². The molecule has 2 aliphatic heterocycles. The van der Waals surface area contributed by atoms with E-state index >= 15 is 0 Å². The smallest absolute Gasteiger partial charge is 0.162 e. The summed E-state index contributed by atoms with van der Waals surface area (Å²) in [5, 5.41) is 0. The fraction of sp³-hybridized carbons (Fsp3) is 0.600. The Bertz CT molecular complexity index is 474. The average Bonchev–Trinajstić information content (AvgIpc) is 2.71. The molecule has 0 saturated carbocycles. The van der Waals surface area contributed by atoms with Crippen molar-refractivity contribution in [1.29, 1.82) is 0 Å². The third-order valence-corrected chi connectivity index (χ3v) is 4.69. The first kappa shape index (κ1) is 14.2. The Balaban J connectivity index is 1.86. The normalized spacial score (nSPS) is 21.3. The largest absolute Gasteiger partial charge is 0.490 e. The highest BCUT2D eigenvalue weighted by Crippen LogP contribution is 2.40. The lowest BCUT2D eigenvalue weighted by molar-refractivity contribution is 0.0583. The Labute approximate surface area is 127 Å². The number of rotatable bonds is 2. The maximum atomic E-state index is 6.46. The van der Waals surface area contributed by atoms with E-state index in [9.17, 15) is 0 Å². The number of hydrogen-bond donors (Lipinski definition) is 1. The second kappa shape index (κ2) is 6.33. The Hall–Kier alpha value is -0.780. The van der Waals surface area contributed by atoms with Crippen molar-refractivity contribution in [2.24, 2.45) is 11.7 Å². The third-order valence-electron chi connectivity index (χ3n) is 4.00. The third kappa shape index (κ3) is 2.95. The monoisotopic (exact) mass is 341 g/mol. The van der Waals surface area contributed by atoms with Crippen molar-refractivity contribution in [2.75, 3.05) is 26.4 Å². The van der Waals surface area contributed by atoms with Gasteiger partial charge in [-0.05, 0) is 36.5 Å². The predicted octanol–water partition coefficient (Wildman–Crippen LogP) is 3.04. The zero-order valence-electron chi connectivity index (χ0n) is 11.4. The van der Waals surface area contributed by atoms with Crippen LogP contribution in [-0.2, 0) is 4.74 Å². The molecule has 0 bridgehead atoms. The van der Waals surface area contributed by atoms with Crippen LogP contribution in [0.4, 0.5) is 0 Å². The summed E-state index contributed by atoms with van der Waals surface area (Å²) in [7, 11) is 0. The summed E-state index contributed by atoms with van der Waals surface area (Å²) in [6, 6.07) is 4.02. The summed E-state index contributed by atoms with van der Waals surface area (Å²) < 4.78 is 17.9. The van der Waals surface area contributed by atoms with Crippen LogP contribution in [-0.4, -0.2) is 26.4 Å². The standard InChI is InChI=1S/C15H20BrNO3/c16-12-9-14-13(19-4-1-5-20-14)8-11(12)15(17)10-2-6-18-7-3-10/h8-10,15H,1-7,17H2. The van der Waals surface area contributed by atoms with Gasteiger partial charge in [0.05, 0.1) is 13.2 Å². The molecule has 0 aromatic heterocycles. The molecule has 0 aliphatic carbocycles. The SMILES string of the molecule is NC(c1cc2c(cc1Br)OCCCO2)C1CCOCC1. The van der Waals surface area contributed by atoms with Crippen molar-refractivity contribution >= 4 is 15.9 Å². The predicted molar refractivity (Wildman–Crippen MR) is 80.2 cm³/mol. The van der Waals surface area contributed by atoms with Gasteiger partial charge in [0.25, 0.3) is 0 Å². The van der Waals surface area contributed by atoms with E-state index < -0.39 is 0 Å². The number of nitrogens with two attached hydrogens (primary N) is 1. The van der Waals surface area contributed by atoms with E-state index in [1.807, 2.05) is 12.1 Å². The molecule has 1 saturated heterocycles. The van der Waals surface area contributed by atoms with Crippen LogP contribution in [0, 0.1) is 5.92 Å². The lowest BCUT2D eigenvalue weighted by Crippen LogP contribution is -2.27. The summed E-state index contributed by atoms with van der Waals surface area (Å²) in [5.74, 6) is 2.07. The zero-order valence-corrected chi connectivity index (χ0v) is 13.0. The first-order valence-corrected chi connectivity index (χ1v) is 7.97. The van der Waals surface area contributed by atoms with E-state index in [1.165, 1.54) is 0 Å². The second-order valence-corrected chi connectivity index (χ2v) is 6.20. The minimum Gasteiger partial charge on any atom is -0.490 e. The molecule has 0 radical (unpaired) electrons. The van der Waals surface area contributed by atoms with Gasteiger partial charge in [-0.15, -0.1) is 0 Å². The summed E-state index contributed by atoms with van der Waals surface area (Å²) >= 11 is 3.62. The summed E-state index contributed by atoms with van der Waals surface area (Å²) in [6.07, 6.45) is 2.94. The lowest BCUT2D eigenvalue weighted by Gasteiger charge is -2.28. The Kier molecular flexibility index (Phi) is 4.48. The number of halogens is 1. The van der Waals surface area contributed by atoms with Crippen molar-refractivity contribution in [3.05, 3.63) is 22.2 Å². The highest BCUT2D eigenvalue weighted by atomic mass is 79.9. The average molecular weight is 342 g/mol. The second-order valence-electron chi connectivity index (χ2n) is 5.35. The molecule has 1 fully saturated rings. The fourth-order valence-electron chi connectivity index (χ4n) is 2.78. The van der Waals surface area contributed by atoms with Crippen molar-refractivity contribution in [1.82, 2.24) is 0 Å². The quantitative estimate of drug-likeness (QED) is 0.898. The molecule has 1 aromatic carbocycles. The number of fused-ring (bicyclic) bond motifs is 1. The number of benzene rings is 1. The van der Waals surface area contributed by atoms with Gasteiger partial charge in [-0.25, -0.2) is 0 Å². The highest BCUT2D eigenvalue weighted by molar-refractivity contribution is 9.10. The fourth-order valence-corrected chi connectivity index (χ4v) is 3.37. The molecule has 2 aliphatic rings. The van der Waals surface area contributed by atoms with Crippen LogP contribution in [0.25, 0.3) is 0 Å². The minimum absolute atomic E-state index is 0.00503. The highest BCUT2D eigenvalue weighted by Gasteiger charge is 2.25. The van der Waals surface area contributed by atoms with Gasteiger partial charge in [0.2, 0.25) is 0 Å². The van der Waals surface area contributed by atoms with E-state index in [0.29, 0.717) is 19.1 Å². The molecule has 2 heterocycles. The Morgan fingerprint density at radius 2 is 1.70 bits per heavy atom. The molecule has 1 atom stereocenters. The molecule has 110 valence electrons. The van der Waals surface area contributed by atoms with Gasteiger partial charge in [-0.1, -0.05) is 15.9 Å². The van der Waals surface area contributed by atoms with Crippen LogP contribution in [0.3, 0.4) is 0 Å².